The maximum Gasteiger partial charge on any atom is 0.257 e. The number of rotatable bonds is 7. The summed E-state index contributed by atoms with van der Waals surface area (Å²) < 4.78 is 7.04. The molecule has 0 aliphatic carbocycles. The summed E-state index contributed by atoms with van der Waals surface area (Å²) in [5.74, 6) is 1.63. The zero-order valence-corrected chi connectivity index (χ0v) is 17.4. The fourth-order valence-electron chi connectivity index (χ4n) is 3.33. The Morgan fingerprint density at radius 3 is 2.97 bits per heavy atom. The maximum atomic E-state index is 13.0. The standard InChI is InChI=1S/C21H21N5O3S/c1-29-13-6-7-14-17(11-13)22-12-15(19(14)27)21(28)23-16(8-10-30-2)20-25-24-18-5-3-4-9-26(18)20/h3-7,9,11-12,16H,8,10H2,1-2H3,(H,22,27)(H,23,28)/t16-/m1/s1. The highest BCUT2D eigenvalue weighted by atomic mass is 32.2. The van der Waals surface area contributed by atoms with Gasteiger partial charge in [0.2, 0.25) is 5.43 Å². The molecule has 0 radical (unpaired) electrons. The molecule has 3 aromatic heterocycles. The first-order valence-corrected chi connectivity index (χ1v) is 10.8. The minimum Gasteiger partial charge on any atom is -0.497 e. The number of aromatic nitrogens is 4. The maximum absolute atomic E-state index is 13.0. The fourth-order valence-corrected chi connectivity index (χ4v) is 3.80. The van der Waals surface area contributed by atoms with E-state index in [0.717, 1.165) is 5.75 Å². The summed E-state index contributed by atoms with van der Waals surface area (Å²) in [6, 6.07) is 10.3. The zero-order valence-electron chi connectivity index (χ0n) is 16.6. The Balaban J connectivity index is 1.67. The Hall–Kier alpha value is -3.33. The van der Waals surface area contributed by atoms with Gasteiger partial charge in [-0.15, -0.1) is 10.2 Å². The second-order valence-electron chi connectivity index (χ2n) is 6.74. The van der Waals surface area contributed by atoms with Crippen LogP contribution in [0.15, 0.2) is 53.6 Å². The largest absolute Gasteiger partial charge is 0.497 e. The molecule has 2 N–H and O–H groups in total. The summed E-state index contributed by atoms with van der Waals surface area (Å²) in [6.45, 7) is 0. The lowest BCUT2D eigenvalue weighted by Gasteiger charge is -2.17. The fraction of sp³-hybridized carbons (Fsp3) is 0.238. The number of hydrogen-bond donors (Lipinski definition) is 2. The molecule has 0 spiro atoms. The molecule has 0 unspecified atom stereocenters. The van der Waals surface area contributed by atoms with Gasteiger partial charge in [-0.3, -0.25) is 14.0 Å². The molecule has 0 fully saturated rings. The highest BCUT2D eigenvalue weighted by Crippen LogP contribution is 2.20. The first kappa shape index (κ1) is 20.0. The van der Waals surface area contributed by atoms with Crippen molar-refractivity contribution in [3.8, 4) is 5.75 Å². The molecule has 8 nitrogen and oxygen atoms in total. The smallest absolute Gasteiger partial charge is 0.257 e. The summed E-state index contributed by atoms with van der Waals surface area (Å²) in [7, 11) is 1.56. The number of ether oxygens (including phenoxy) is 1. The van der Waals surface area contributed by atoms with E-state index in [1.807, 2.05) is 35.1 Å². The molecule has 4 aromatic rings. The molecular formula is C21H21N5O3S. The van der Waals surface area contributed by atoms with E-state index >= 15 is 0 Å². The van der Waals surface area contributed by atoms with Crippen LogP contribution in [0.4, 0.5) is 0 Å². The van der Waals surface area contributed by atoms with Gasteiger partial charge in [0.25, 0.3) is 5.91 Å². The average molecular weight is 423 g/mol. The van der Waals surface area contributed by atoms with Crippen LogP contribution < -0.4 is 15.5 Å². The van der Waals surface area contributed by atoms with Crippen LogP contribution in [0.25, 0.3) is 16.6 Å². The van der Waals surface area contributed by atoms with Crippen molar-refractivity contribution in [2.24, 2.45) is 0 Å². The van der Waals surface area contributed by atoms with Crippen molar-refractivity contribution >= 4 is 34.2 Å². The third-order valence-corrected chi connectivity index (χ3v) is 5.54. The van der Waals surface area contributed by atoms with Gasteiger partial charge >= 0.3 is 0 Å². The molecule has 0 aliphatic heterocycles. The molecule has 0 saturated heterocycles. The Morgan fingerprint density at radius 2 is 2.17 bits per heavy atom. The van der Waals surface area contributed by atoms with Gasteiger partial charge in [0.1, 0.15) is 11.3 Å². The lowest BCUT2D eigenvalue weighted by atomic mass is 10.1. The second kappa shape index (κ2) is 8.58. The monoisotopic (exact) mass is 423 g/mol. The van der Waals surface area contributed by atoms with Crippen molar-refractivity contribution in [2.45, 2.75) is 12.5 Å². The van der Waals surface area contributed by atoms with E-state index in [0.29, 0.717) is 34.5 Å². The number of methoxy groups -OCH3 is 1. The van der Waals surface area contributed by atoms with Gasteiger partial charge in [-0.2, -0.15) is 11.8 Å². The molecule has 4 rings (SSSR count). The van der Waals surface area contributed by atoms with Crippen LogP contribution in [0.5, 0.6) is 5.75 Å². The molecule has 0 saturated carbocycles. The van der Waals surface area contributed by atoms with Crippen LogP contribution >= 0.6 is 11.8 Å². The van der Waals surface area contributed by atoms with Crippen molar-refractivity contribution in [2.75, 3.05) is 19.1 Å². The summed E-state index contributed by atoms with van der Waals surface area (Å²) >= 11 is 1.68. The molecule has 30 heavy (non-hydrogen) atoms. The summed E-state index contributed by atoms with van der Waals surface area (Å²) in [5.41, 5.74) is 1.03. The Labute approximate surface area is 176 Å². The van der Waals surface area contributed by atoms with Crippen molar-refractivity contribution in [1.29, 1.82) is 0 Å². The minimum absolute atomic E-state index is 0.0515. The molecule has 3 heterocycles. The number of aromatic amines is 1. The third-order valence-electron chi connectivity index (χ3n) is 4.90. The normalized spacial score (nSPS) is 12.2. The van der Waals surface area contributed by atoms with Crippen molar-refractivity contribution in [1.82, 2.24) is 24.9 Å². The number of pyridine rings is 2. The van der Waals surface area contributed by atoms with Crippen LogP contribution in [0.3, 0.4) is 0 Å². The van der Waals surface area contributed by atoms with Gasteiger partial charge in [-0.25, -0.2) is 0 Å². The molecule has 0 bridgehead atoms. The highest BCUT2D eigenvalue weighted by Gasteiger charge is 2.22. The Kier molecular flexibility index (Phi) is 5.71. The molecular weight excluding hydrogens is 402 g/mol. The van der Waals surface area contributed by atoms with Gasteiger partial charge in [0.05, 0.1) is 18.7 Å². The minimum atomic E-state index is -0.451. The lowest BCUT2D eigenvalue weighted by Crippen LogP contribution is -2.33. The number of thioether (sulfide) groups is 1. The molecule has 1 amide bonds. The molecule has 1 aromatic carbocycles. The van der Waals surface area contributed by atoms with Crippen molar-refractivity contribution in [3.05, 3.63) is 70.4 Å². The van der Waals surface area contributed by atoms with E-state index in [1.165, 1.54) is 6.20 Å². The highest BCUT2D eigenvalue weighted by molar-refractivity contribution is 7.98. The number of nitrogens with one attached hydrogen (secondary N) is 2. The predicted octanol–water partition coefficient (Wildman–Crippen LogP) is 2.80. The predicted molar refractivity (Wildman–Crippen MR) is 117 cm³/mol. The first-order chi connectivity index (χ1) is 14.6. The van der Waals surface area contributed by atoms with E-state index in [4.69, 9.17) is 4.74 Å². The van der Waals surface area contributed by atoms with E-state index in [1.54, 1.807) is 37.1 Å². The Morgan fingerprint density at radius 1 is 1.30 bits per heavy atom. The number of hydrogen-bond acceptors (Lipinski definition) is 6. The zero-order chi connectivity index (χ0) is 21.1. The first-order valence-electron chi connectivity index (χ1n) is 9.41. The van der Waals surface area contributed by atoms with Crippen molar-refractivity contribution in [3.63, 3.8) is 0 Å². The van der Waals surface area contributed by atoms with E-state index in [9.17, 15) is 9.59 Å². The van der Waals surface area contributed by atoms with Crippen LogP contribution in [-0.2, 0) is 0 Å². The summed E-state index contributed by atoms with van der Waals surface area (Å²) in [5, 5.41) is 11.9. The molecule has 1 atom stereocenters. The lowest BCUT2D eigenvalue weighted by molar-refractivity contribution is 0.0932. The molecule has 154 valence electrons. The van der Waals surface area contributed by atoms with Crippen LogP contribution in [0.2, 0.25) is 0 Å². The number of amides is 1. The number of carbonyl (C=O) groups is 1. The number of nitrogens with zero attached hydrogens (tertiary/aromatic N) is 3. The quantitative estimate of drug-likeness (QED) is 0.474. The molecule has 9 heteroatoms. The number of H-pyrrole nitrogens is 1. The third kappa shape index (κ3) is 3.76. The SMILES string of the molecule is COc1ccc2c(=O)c(C(=O)N[C@H](CCSC)c3nnc4ccccn34)c[nH]c2c1. The second-order valence-corrected chi connectivity index (χ2v) is 7.72. The van der Waals surface area contributed by atoms with Crippen LogP contribution in [0.1, 0.15) is 28.6 Å². The van der Waals surface area contributed by atoms with Gasteiger partial charge in [-0.1, -0.05) is 6.07 Å². The average Bonchev–Trinajstić information content (AvgIpc) is 3.20. The van der Waals surface area contributed by atoms with E-state index < -0.39 is 5.91 Å². The van der Waals surface area contributed by atoms with E-state index in [2.05, 4.69) is 20.5 Å². The number of fused-ring (bicyclic) bond motifs is 2. The van der Waals surface area contributed by atoms with Crippen molar-refractivity contribution < 1.29 is 9.53 Å². The summed E-state index contributed by atoms with van der Waals surface area (Å²) in [4.78, 5) is 28.9. The van der Waals surface area contributed by atoms with Gasteiger partial charge in [0.15, 0.2) is 11.5 Å². The van der Waals surface area contributed by atoms with E-state index in [-0.39, 0.29) is 17.0 Å². The van der Waals surface area contributed by atoms with Gasteiger partial charge < -0.3 is 15.0 Å². The number of benzene rings is 1. The summed E-state index contributed by atoms with van der Waals surface area (Å²) in [6.07, 6.45) is 5.96. The van der Waals surface area contributed by atoms with Gasteiger partial charge in [0, 0.05) is 23.8 Å². The topological polar surface area (TPSA) is 101 Å². The molecule has 0 aliphatic rings. The number of carbonyl (C=O) groups excluding carboxylic acids is 1. The van der Waals surface area contributed by atoms with Crippen LogP contribution in [0, 0.1) is 0 Å². The van der Waals surface area contributed by atoms with Gasteiger partial charge in [-0.05, 0) is 42.7 Å². The Bertz CT molecular complexity index is 1270. The van der Waals surface area contributed by atoms with Crippen LogP contribution in [-0.4, -0.2) is 44.6 Å².